The first kappa shape index (κ1) is 34.1. The molecule has 0 spiro atoms. The molecule has 0 N–H and O–H groups in total. The van der Waals surface area contributed by atoms with Gasteiger partial charge in [-0.25, -0.2) is 4.79 Å². The Bertz CT molecular complexity index is 867. The highest BCUT2D eigenvalue weighted by molar-refractivity contribution is 5.90. The minimum atomic E-state index is -0.181. The van der Waals surface area contributed by atoms with Gasteiger partial charge in [0.25, 0.3) is 0 Å². The van der Waals surface area contributed by atoms with Crippen molar-refractivity contribution >= 4 is 5.97 Å². The number of hydrogen-bond acceptors (Lipinski definition) is 2. The fourth-order valence-corrected chi connectivity index (χ4v) is 5.62. The summed E-state index contributed by atoms with van der Waals surface area (Å²) in [5, 5.41) is 0. The van der Waals surface area contributed by atoms with Gasteiger partial charge in [0.15, 0.2) is 0 Å². The van der Waals surface area contributed by atoms with E-state index in [-0.39, 0.29) is 5.97 Å². The Labute approximate surface area is 247 Å². The van der Waals surface area contributed by atoms with E-state index in [1.54, 1.807) is 0 Å². The Balaban J connectivity index is 1.74. The third-order valence-corrected chi connectivity index (χ3v) is 8.39. The fourth-order valence-electron chi connectivity index (χ4n) is 5.62. The quantitative estimate of drug-likeness (QED) is 0.0963. The van der Waals surface area contributed by atoms with Gasteiger partial charge in [-0.1, -0.05) is 171 Å². The third kappa shape index (κ3) is 15.6. The van der Waals surface area contributed by atoms with Crippen LogP contribution in [-0.2, 0) is 4.74 Å². The molecular weight excluding hydrogens is 488 g/mol. The minimum Gasteiger partial charge on any atom is -0.462 e. The van der Waals surface area contributed by atoms with Gasteiger partial charge in [-0.05, 0) is 48.9 Å². The molecule has 0 amide bonds. The Kier molecular flexibility index (Phi) is 19.3. The molecule has 224 valence electrons. The number of aryl methyl sites for hydroxylation is 1. The molecule has 40 heavy (non-hydrogen) atoms. The third-order valence-electron chi connectivity index (χ3n) is 8.39. The Morgan fingerprint density at radius 2 is 0.925 bits per heavy atom. The van der Waals surface area contributed by atoms with Gasteiger partial charge in [-0.2, -0.15) is 0 Å². The van der Waals surface area contributed by atoms with E-state index in [0.29, 0.717) is 18.1 Å². The molecule has 2 aromatic carbocycles. The van der Waals surface area contributed by atoms with E-state index in [0.717, 1.165) is 5.56 Å². The summed E-state index contributed by atoms with van der Waals surface area (Å²) in [6.07, 6.45) is 26.8. The molecule has 2 heteroatoms. The average molecular weight is 549 g/mol. The van der Waals surface area contributed by atoms with Gasteiger partial charge in [-0.15, -0.1) is 0 Å². The summed E-state index contributed by atoms with van der Waals surface area (Å²) in [6.45, 7) is 7.22. The monoisotopic (exact) mass is 548 g/mol. The summed E-state index contributed by atoms with van der Waals surface area (Å²) in [7, 11) is 0. The van der Waals surface area contributed by atoms with Gasteiger partial charge in [-0.3, -0.25) is 0 Å². The maximum Gasteiger partial charge on any atom is 0.338 e. The Morgan fingerprint density at radius 3 is 1.35 bits per heavy atom. The minimum absolute atomic E-state index is 0.181. The summed E-state index contributed by atoms with van der Waals surface area (Å²) in [4.78, 5) is 12.9. The first-order valence-electron chi connectivity index (χ1n) is 17.0. The molecule has 0 bridgehead atoms. The lowest BCUT2D eigenvalue weighted by Gasteiger charge is -2.17. The summed E-state index contributed by atoms with van der Waals surface area (Å²) < 4.78 is 5.88. The van der Waals surface area contributed by atoms with Crippen LogP contribution >= 0.6 is 0 Å². The number of hydrogen-bond donors (Lipinski definition) is 0. The molecule has 0 radical (unpaired) electrons. The van der Waals surface area contributed by atoms with Crippen LogP contribution in [-0.4, -0.2) is 12.6 Å². The van der Waals surface area contributed by atoms with Gasteiger partial charge in [0.2, 0.25) is 0 Å². The molecule has 0 aliphatic heterocycles. The highest BCUT2D eigenvalue weighted by Crippen LogP contribution is 2.23. The van der Waals surface area contributed by atoms with E-state index in [1.165, 1.54) is 140 Å². The molecule has 0 aliphatic carbocycles. The second-order valence-electron chi connectivity index (χ2n) is 12.1. The smallest absolute Gasteiger partial charge is 0.338 e. The predicted octanol–water partition coefficient (Wildman–Crippen LogP) is 12.3. The second kappa shape index (κ2) is 22.6. The van der Waals surface area contributed by atoms with Crippen molar-refractivity contribution in [2.75, 3.05) is 6.61 Å². The van der Waals surface area contributed by atoms with Crippen molar-refractivity contribution in [3.8, 4) is 11.1 Å². The Hall–Kier alpha value is -2.09. The molecular formula is C38H60O2. The van der Waals surface area contributed by atoms with Crippen LogP contribution in [0.3, 0.4) is 0 Å². The molecule has 1 unspecified atom stereocenters. The first-order chi connectivity index (χ1) is 19.6. The van der Waals surface area contributed by atoms with Crippen LogP contribution in [0.2, 0.25) is 0 Å². The molecule has 0 aromatic heterocycles. The summed E-state index contributed by atoms with van der Waals surface area (Å²) in [5.41, 5.74) is 4.21. The first-order valence-corrected chi connectivity index (χ1v) is 17.0. The van der Waals surface area contributed by atoms with E-state index in [4.69, 9.17) is 4.74 Å². The largest absolute Gasteiger partial charge is 0.462 e. The number of benzene rings is 2. The van der Waals surface area contributed by atoms with E-state index < -0.39 is 0 Å². The molecule has 0 saturated carbocycles. The second-order valence-corrected chi connectivity index (χ2v) is 12.1. The average Bonchev–Trinajstić information content (AvgIpc) is 2.98. The van der Waals surface area contributed by atoms with E-state index in [2.05, 4.69) is 45.0 Å². The zero-order valence-corrected chi connectivity index (χ0v) is 26.4. The lowest BCUT2D eigenvalue weighted by molar-refractivity contribution is 0.0422. The topological polar surface area (TPSA) is 26.3 Å². The van der Waals surface area contributed by atoms with Crippen LogP contribution in [0.15, 0.2) is 48.5 Å². The van der Waals surface area contributed by atoms with Crippen molar-refractivity contribution in [3.63, 3.8) is 0 Å². The van der Waals surface area contributed by atoms with Crippen molar-refractivity contribution < 1.29 is 9.53 Å². The lowest BCUT2D eigenvalue weighted by Crippen LogP contribution is -2.15. The van der Waals surface area contributed by atoms with Crippen molar-refractivity contribution in [2.24, 2.45) is 5.92 Å². The molecule has 0 fully saturated rings. The fraction of sp³-hybridized carbons (Fsp3) is 0.658. The van der Waals surface area contributed by atoms with Crippen molar-refractivity contribution in [1.29, 1.82) is 0 Å². The van der Waals surface area contributed by atoms with E-state index in [9.17, 15) is 4.79 Å². The highest BCUT2D eigenvalue weighted by atomic mass is 16.5. The predicted molar refractivity (Wildman–Crippen MR) is 174 cm³/mol. The molecule has 0 saturated heterocycles. The highest BCUT2D eigenvalue weighted by Gasteiger charge is 2.14. The SMILES string of the molecule is CCCCCCCCCCCCC(CCCCCCCCCC)COC(=O)c1ccc(-c2ccc(C)cc2)cc1. The van der Waals surface area contributed by atoms with Crippen LogP contribution in [0.25, 0.3) is 11.1 Å². The maximum absolute atomic E-state index is 12.9. The zero-order valence-electron chi connectivity index (χ0n) is 26.4. The standard InChI is InChI=1S/C38H60O2/c1-4-6-8-10-12-14-15-17-19-21-23-34(22-20-18-16-13-11-9-7-5-2)32-40-38(39)37-30-28-36(29-31-37)35-26-24-33(3)25-27-35/h24-31,34H,4-23,32H2,1-3H3. The van der Waals surface area contributed by atoms with E-state index >= 15 is 0 Å². The molecule has 2 rings (SSSR count). The number of carbonyl (C=O) groups is 1. The summed E-state index contributed by atoms with van der Waals surface area (Å²) in [6, 6.07) is 16.4. The molecule has 1 atom stereocenters. The molecule has 0 heterocycles. The molecule has 2 nitrogen and oxygen atoms in total. The van der Waals surface area contributed by atoms with Gasteiger partial charge in [0, 0.05) is 0 Å². The summed E-state index contributed by atoms with van der Waals surface area (Å²) in [5.74, 6) is 0.310. The lowest BCUT2D eigenvalue weighted by atomic mass is 9.94. The van der Waals surface area contributed by atoms with Crippen molar-refractivity contribution in [3.05, 3.63) is 59.7 Å². The number of esters is 1. The number of ether oxygens (including phenoxy) is 1. The van der Waals surface area contributed by atoms with Crippen LogP contribution in [0.4, 0.5) is 0 Å². The molecule has 2 aromatic rings. The van der Waals surface area contributed by atoms with Crippen LogP contribution in [0, 0.1) is 12.8 Å². The normalized spacial score (nSPS) is 12.0. The van der Waals surface area contributed by atoms with Gasteiger partial charge in [0.05, 0.1) is 12.2 Å². The van der Waals surface area contributed by atoms with Gasteiger partial charge < -0.3 is 4.74 Å². The number of carbonyl (C=O) groups excluding carboxylic acids is 1. The van der Waals surface area contributed by atoms with Gasteiger partial charge in [0.1, 0.15) is 0 Å². The maximum atomic E-state index is 12.9. The zero-order chi connectivity index (χ0) is 28.7. The van der Waals surface area contributed by atoms with Crippen molar-refractivity contribution in [1.82, 2.24) is 0 Å². The van der Waals surface area contributed by atoms with Crippen LogP contribution in [0.1, 0.15) is 158 Å². The molecule has 0 aliphatic rings. The van der Waals surface area contributed by atoms with Gasteiger partial charge >= 0.3 is 5.97 Å². The number of unbranched alkanes of at least 4 members (excludes halogenated alkanes) is 16. The van der Waals surface area contributed by atoms with Crippen LogP contribution in [0.5, 0.6) is 0 Å². The Morgan fingerprint density at radius 1 is 0.550 bits per heavy atom. The number of rotatable bonds is 24. The van der Waals surface area contributed by atoms with E-state index in [1.807, 2.05) is 24.3 Å². The van der Waals surface area contributed by atoms with Crippen molar-refractivity contribution in [2.45, 2.75) is 149 Å². The van der Waals surface area contributed by atoms with Crippen LogP contribution < -0.4 is 0 Å². The summed E-state index contributed by atoms with van der Waals surface area (Å²) >= 11 is 0.